The monoisotopic (exact) mass is 288 g/mol. The Bertz CT molecular complexity index is 568. The number of H-pyrrole nitrogens is 1. The summed E-state index contributed by atoms with van der Waals surface area (Å²) >= 11 is 0. The summed E-state index contributed by atoms with van der Waals surface area (Å²) in [6.07, 6.45) is 1.81. The van der Waals surface area contributed by atoms with Crippen molar-refractivity contribution in [1.82, 2.24) is 19.6 Å². The van der Waals surface area contributed by atoms with Gasteiger partial charge in [-0.1, -0.05) is 6.92 Å². The van der Waals surface area contributed by atoms with Crippen molar-refractivity contribution in [3.8, 4) is 0 Å². The van der Waals surface area contributed by atoms with E-state index in [0.717, 1.165) is 4.31 Å². The molecule has 0 saturated carbocycles. The molecule has 0 spiro atoms. The van der Waals surface area contributed by atoms with E-state index in [1.165, 1.54) is 6.20 Å². The molecule has 9 heteroatoms. The minimum Gasteiger partial charge on any atom is -0.480 e. The second-order valence-electron chi connectivity index (χ2n) is 4.22. The minimum atomic E-state index is -3.85. The van der Waals surface area contributed by atoms with Gasteiger partial charge >= 0.3 is 5.97 Å². The Hall–Kier alpha value is -1.45. The molecule has 0 aliphatic carbocycles. The van der Waals surface area contributed by atoms with E-state index in [1.54, 1.807) is 0 Å². The van der Waals surface area contributed by atoms with Gasteiger partial charge < -0.3 is 15.4 Å². The van der Waals surface area contributed by atoms with Crippen LogP contribution in [-0.2, 0) is 21.2 Å². The maximum Gasteiger partial charge on any atom is 0.323 e. The second kappa shape index (κ2) is 5.27. The van der Waals surface area contributed by atoms with E-state index in [-0.39, 0.29) is 18.1 Å². The van der Waals surface area contributed by atoms with Gasteiger partial charge in [0.2, 0.25) is 0 Å². The summed E-state index contributed by atoms with van der Waals surface area (Å²) in [4.78, 5) is 17.8. The molecule has 0 radical (unpaired) electrons. The maximum atomic E-state index is 12.4. The number of hydrogen-bond acceptors (Lipinski definition) is 5. The molecule has 1 aliphatic heterocycles. The van der Waals surface area contributed by atoms with E-state index < -0.39 is 22.0 Å². The molecular formula is C10H16N4O4S. The van der Waals surface area contributed by atoms with Crippen LogP contribution >= 0.6 is 0 Å². The fraction of sp³-hybridized carbons (Fsp3) is 0.600. The SMILES string of the molecule is CCc1ncc(S(=O)(=O)N2CCNCC2C(=O)O)[nH]1. The van der Waals surface area contributed by atoms with E-state index in [2.05, 4.69) is 15.3 Å². The first-order chi connectivity index (χ1) is 8.96. The predicted octanol–water partition coefficient (Wildman–Crippen LogP) is -0.981. The molecule has 2 heterocycles. The van der Waals surface area contributed by atoms with Crippen LogP contribution in [0.3, 0.4) is 0 Å². The highest BCUT2D eigenvalue weighted by molar-refractivity contribution is 7.89. The number of aryl methyl sites for hydroxylation is 1. The lowest BCUT2D eigenvalue weighted by Gasteiger charge is -2.31. The molecule has 1 saturated heterocycles. The summed E-state index contributed by atoms with van der Waals surface area (Å²) in [5, 5.41) is 11.9. The molecule has 3 N–H and O–H groups in total. The third-order valence-electron chi connectivity index (χ3n) is 3.01. The van der Waals surface area contributed by atoms with Gasteiger partial charge in [0.25, 0.3) is 10.0 Å². The molecule has 2 rings (SSSR count). The Kier molecular flexibility index (Phi) is 3.88. The summed E-state index contributed by atoms with van der Waals surface area (Å²) in [5.74, 6) is -0.605. The van der Waals surface area contributed by atoms with Crippen molar-refractivity contribution in [3.05, 3.63) is 12.0 Å². The predicted molar refractivity (Wildman–Crippen MR) is 66.2 cm³/mol. The summed E-state index contributed by atoms with van der Waals surface area (Å²) < 4.78 is 25.8. The number of carboxylic acids is 1. The summed E-state index contributed by atoms with van der Waals surface area (Å²) in [5.41, 5.74) is 0. The standard InChI is InChI=1S/C10H16N4O4S/c1-2-8-12-6-9(13-8)19(17,18)14-4-3-11-5-7(14)10(15)16/h6-7,11H,2-5H2,1H3,(H,12,13)(H,15,16). The van der Waals surface area contributed by atoms with E-state index in [0.29, 0.717) is 18.8 Å². The Balaban J connectivity index is 2.34. The first-order valence-corrected chi connectivity index (χ1v) is 7.40. The molecule has 0 bridgehead atoms. The first-order valence-electron chi connectivity index (χ1n) is 5.96. The third kappa shape index (κ3) is 2.62. The van der Waals surface area contributed by atoms with E-state index in [1.807, 2.05) is 6.92 Å². The van der Waals surface area contributed by atoms with Crippen LogP contribution in [0.4, 0.5) is 0 Å². The minimum absolute atomic E-state index is 0.0579. The van der Waals surface area contributed by atoms with Gasteiger partial charge in [0, 0.05) is 26.1 Å². The Morgan fingerprint density at radius 3 is 2.95 bits per heavy atom. The van der Waals surface area contributed by atoms with E-state index in [9.17, 15) is 13.2 Å². The highest BCUT2D eigenvalue weighted by atomic mass is 32.2. The molecule has 0 aromatic carbocycles. The van der Waals surface area contributed by atoms with Crippen LogP contribution in [0.5, 0.6) is 0 Å². The van der Waals surface area contributed by atoms with Gasteiger partial charge in [0.15, 0.2) is 5.03 Å². The number of rotatable bonds is 4. The summed E-state index contributed by atoms with van der Waals surface area (Å²) in [6, 6.07) is -1.09. The number of hydrogen-bond donors (Lipinski definition) is 3. The molecule has 19 heavy (non-hydrogen) atoms. The lowest BCUT2D eigenvalue weighted by atomic mass is 10.2. The molecule has 1 atom stereocenters. The zero-order chi connectivity index (χ0) is 14.0. The zero-order valence-electron chi connectivity index (χ0n) is 10.5. The van der Waals surface area contributed by atoms with Crippen molar-refractivity contribution in [1.29, 1.82) is 0 Å². The van der Waals surface area contributed by atoms with Crippen molar-refractivity contribution in [2.75, 3.05) is 19.6 Å². The van der Waals surface area contributed by atoms with Gasteiger partial charge in [0.1, 0.15) is 11.9 Å². The molecule has 8 nitrogen and oxygen atoms in total. The molecule has 1 fully saturated rings. The van der Waals surface area contributed by atoms with Crippen molar-refractivity contribution in [2.24, 2.45) is 0 Å². The van der Waals surface area contributed by atoms with Crippen LogP contribution in [-0.4, -0.2) is 59.4 Å². The van der Waals surface area contributed by atoms with Crippen molar-refractivity contribution >= 4 is 16.0 Å². The topological polar surface area (TPSA) is 115 Å². The van der Waals surface area contributed by atoms with Gasteiger partial charge in [-0.2, -0.15) is 4.31 Å². The van der Waals surface area contributed by atoms with Crippen LogP contribution in [0, 0.1) is 0 Å². The van der Waals surface area contributed by atoms with Gasteiger partial charge in [-0.25, -0.2) is 13.4 Å². The first kappa shape index (κ1) is 14.0. The van der Waals surface area contributed by atoms with Gasteiger partial charge in [-0.05, 0) is 0 Å². The van der Waals surface area contributed by atoms with E-state index in [4.69, 9.17) is 5.11 Å². The van der Waals surface area contributed by atoms with E-state index >= 15 is 0 Å². The number of carbonyl (C=O) groups is 1. The van der Waals surface area contributed by atoms with Crippen LogP contribution in [0.15, 0.2) is 11.2 Å². The van der Waals surface area contributed by atoms with Gasteiger partial charge in [0.05, 0.1) is 6.20 Å². The molecular weight excluding hydrogens is 272 g/mol. The lowest BCUT2D eigenvalue weighted by Crippen LogP contribution is -2.56. The number of sulfonamides is 1. The average molecular weight is 288 g/mol. The van der Waals surface area contributed by atoms with Crippen LogP contribution in [0.2, 0.25) is 0 Å². The number of aromatic nitrogens is 2. The highest BCUT2D eigenvalue weighted by Crippen LogP contribution is 2.18. The molecule has 1 aromatic heterocycles. The van der Waals surface area contributed by atoms with Crippen molar-refractivity contribution in [2.45, 2.75) is 24.4 Å². The van der Waals surface area contributed by atoms with Gasteiger partial charge in [-0.3, -0.25) is 4.79 Å². The van der Waals surface area contributed by atoms with Crippen LogP contribution in [0.25, 0.3) is 0 Å². The fourth-order valence-corrected chi connectivity index (χ4v) is 3.48. The highest BCUT2D eigenvalue weighted by Gasteiger charge is 2.38. The van der Waals surface area contributed by atoms with Crippen molar-refractivity contribution in [3.63, 3.8) is 0 Å². The van der Waals surface area contributed by atoms with Gasteiger partial charge in [-0.15, -0.1) is 0 Å². The third-order valence-corrected chi connectivity index (χ3v) is 4.82. The number of imidazole rings is 1. The molecule has 1 aromatic rings. The largest absolute Gasteiger partial charge is 0.480 e. The van der Waals surface area contributed by atoms with Crippen LogP contribution in [0.1, 0.15) is 12.7 Å². The van der Waals surface area contributed by atoms with Crippen LogP contribution < -0.4 is 5.32 Å². The average Bonchev–Trinajstić information content (AvgIpc) is 2.88. The fourth-order valence-electron chi connectivity index (χ4n) is 1.96. The number of piperazine rings is 1. The smallest absolute Gasteiger partial charge is 0.323 e. The second-order valence-corrected chi connectivity index (χ2v) is 6.08. The number of nitrogens with zero attached hydrogens (tertiary/aromatic N) is 2. The summed E-state index contributed by atoms with van der Waals surface area (Å²) in [7, 11) is -3.85. The summed E-state index contributed by atoms with van der Waals surface area (Å²) in [6.45, 7) is 2.50. The molecule has 106 valence electrons. The molecule has 1 unspecified atom stereocenters. The lowest BCUT2D eigenvalue weighted by molar-refractivity contribution is -0.141. The normalized spacial score (nSPS) is 21.4. The quantitative estimate of drug-likeness (QED) is 0.656. The number of aromatic amines is 1. The Morgan fingerprint density at radius 2 is 2.37 bits per heavy atom. The Morgan fingerprint density at radius 1 is 1.63 bits per heavy atom. The number of carboxylic acid groups (broad SMARTS) is 1. The zero-order valence-corrected chi connectivity index (χ0v) is 11.3. The maximum absolute atomic E-state index is 12.4. The number of aliphatic carboxylic acids is 1. The molecule has 0 amide bonds. The van der Waals surface area contributed by atoms with Crippen molar-refractivity contribution < 1.29 is 18.3 Å². The number of nitrogens with one attached hydrogen (secondary N) is 2. The Labute approximate surface area is 110 Å². The molecule has 1 aliphatic rings.